The molecule has 3 aliphatic rings. The molecule has 42 heavy (non-hydrogen) atoms. The molecular formula is C33H43N3O6. The number of ether oxygens (including phenoxy) is 2. The quantitative estimate of drug-likeness (QED) is 0.429. The zero-order valence-electron chi connectivity index (χ0n) is 24.7. The van der Waals surface area contributed by atoms with Crippen LogP contribution in [-0.2, 0) is 20.9 Å². The smallest absolute Gasteiger partial charge is 0.337 e. The van der Waals surface area contributed by atoms with Crippen LogP contribution >= 0.6 is 0 Å². The number of piperazine rings is 1. The SMILES string of the molecule is CCCN1C(=O)C(C(O)C2CCCCC2)NC(=O)C12CCN(Cc1ccc(Oc3ccc(C(=O)OC)cc3)cc1)CC2. The molecule has 2 N–H and O–H groups in total. The Morgan fingerprint density at radius 1 is 1.00 bits per heavy atom. The van der Waals surface area contributed by atoms with E-state index in [4.69, 9.17) is 9.47 Å². The average molecular weight is 578 g/mol. The summed E-state index contributed by atoms with van der Waals surface area (Å²) in [5.41, 5.74) is 0.742. The Morgan fingerprint density at radius 3 is 2.21 bits per heavy atom. The predicted octanol–water partition coefficient (Wildman–Crippen LogP) is 4.28. The van der Waals surface area contributed by atoms with Crippen molar-refractivity contribution in [2.45, 2.75) is 82.5 Å². The van der Waals surface area contributed by atoms with Crippen LogP contribution in [0, 0.1) is 5.92 Å². The van der Waals surface area contributed by atoms with Gasteiger partial charge >= 0.3 is 5.97 Å². The summed E-state index contributed by atoms with van der Waals surface area (Å²) < 4.78 is 10.7. The molecule has 1 saturated carbocycles. The minimum atomic E-state index is -0.854. The molecule has 2 unspecified atom stereocenters. The molecule has 226 valence electrons. The lowest BCUT2D eigenvalue weighted by Crippen LogP contribution is -2.75. The number of hydrogen-bond acceptors (Lipinski definition) is 7. The van der Waals surface area contributed by atoms with Crippen LogP contribution in [0.1, 0.15) is 74.2 Å². The van der Waals surface area contributed by atoms with E-state index in [2.05, 4.69) is 10.2 Å². The molecule has 1 aliphatic carbocycles. The van der Waals surface area contributed by atoms with Crippen molar-refractivity contribution in [1.29, 1.82) is 0 Å². The number of piperidine rings is 1. The number of carbonyl (C=O) groups excluding carboxylic acids is 3. The van der Waals surface area contributed by atoms with E-state index in [1.807, 2.05) is 31.2 Å². The van der Waals surface area contributed by atoms with Gasteiger partial charge in [0.1, 0.15) is 23.1 Å². The van der Waals surface area contributed by atoms with E-state index < -0.39 is 17.7 Å². The minimum Gasteiger partial charge on any atom is -0.465 e. The van der Waals surface area contributed by atoms with Crippen molar-refractivity contribution >= 4 is 17.8 Å². The van der Waals surface area contributed by atoms with Gasteiger partial charge in [-0.3, -0.25) is 14.5 Å². The third kappa shape index (κ3) is 6.32. The average Bonchev–Trinajstić information content (AvgIpc) is 3.03. The fourth-order valence-corrected chi connectivity index (χ4v) is 6.78. The number of benzene rings is 2. The molecule has 2 heterocycles. The highest BCUT2D eigenvalue weighted by Crippen LogP contribution is 2.36. The van der Waals surface area contributed by atoms with Gasteiger partial charge in [0, 0.05) is 26.2 Å². The second kappa shape index (κ2) is 13.3. The van der Waals surface area contributed by atoms with Gasteiger partial charge in [0.15, 0.2) is 0 Å². The minimum absolute atomic E-state index is 0.0660. The molecule has 9 heteroatoms. The molecule has 1 spiro atoms. The van der Waals surface area contributed by atoms with Gasteiger partial charge in [0.2, 0.25) is 11.8 Å². The van der Waals surface area contributed by atoms with Crippen LogP contribution in [0.3, 0.4) is 0 Å². The number of esters is 1. The van der Waals surface area contributed by atoms with Crippen molar-refractivity contribution in [2.75, 3.05) is 26.7 Å². The van der Waals surface area contributed by atoms with Gasteiger partial charge in [-0.25, -0.2) is 4.79 Å². The molecular weight excluding hydrogens is 534 g/mol. The van der Waals surface area contributed by atoms with E-state index in [0.29, 0.717) is 49.5 Å². The maximum atomic E-state index is 13.7. The molecule has 2 atom stereocenters. The third-order valence-electron chi connectivity index (χ3n) is 9.20. The summed E-state index contributed by atoms with van der Waals surface area (Å²) in [6.07, 6.45) is 6.19. The fourth-order valence-electron chi connectivity index (χ4n) is 6.78. The van der Waals surface area contributed by atoms with Crippen LogP contribution < -0.4 is 10.1 Å². The second-order valence-corrected chi connectivity index (χ2v) is 11.9. The zero-order chi connectivity index (χ0) is 29.7. The number of amides is 2. The highest BCUT2D eigenvalue weighted by molar-refractivity contribution is 6.00. The molecule has 2 saturated heterocycles. The molecule has 2 aromatic carbocycles. The van der Waals surface area contributed by atoms with E-state index in [1.165, 1.54) is 13.5 Å². The van der Waals surface area contributed by atoms with Crippen molar-refractivity contribution in [3.63, 3.8) is 0 Å². The third-order valence-corrected chi connectivity index (χ3v) is 9.20. The molecule has 0 aromatic heterocycles. The Labute approximate surface area is 248 Å². The number of methoxy groups -OCH3 is 1. The van der Waals surface area contributed by atoms with Crippen LogP contribution in [0.15, 0.2) is 48.5 Å². The first-order valence-electron chi connectivity index (χ1n) is 15.3. The molecule has 3 fully saturated rings. The summed E-state index contributed by atoms with van der Waals surface area (Å²) >= 11 is 0. The lowest BCUT2D eigenvalue weighted by molar-refractivity contribution is -0.165. The van der Waals surface area contributed by atoms with Crippen molar-refractivity contribution in [1.82, 2.24) is 15.1 Å². The highest BCUT2D eigenvalue weighted by Gasteiger charge is 2.55. The Kier molecular flexibility index (Phi) is 9.48. The highest BCUT2D eigenvalue weighted by atomic mass is 16.5. The molecule has 2 amide bonds. The summed E-state index contributed by atoms with van der Waals surface area (Å²) in [7, 11) is 1.35. The molecule has 0 bridgehead atoms. The maximum Gasteiger partial charge on any atom is 0.337 e. The van der Waals surface area contributed by atoms with Gasteiger partial charge in [0.05, 0.1) is 18.8 Å². The van der Waals surface area contributed by atoms with Gasteiger partial charge in [-0.2, -0.15) is 0 Å². The number of nitrogens with one attached hydrogen (secondary N) is 1. The standard InChI is InChI=1S/C33H43N3O6/c1-3-19-36-30(38)28(29(37)24-7-5-4-6-8-24)34-32(40)33(36)17-20-35(21-18-33)22-23-9-13-26(14-10-23)42-27-15-11-25(12-16-27)31(39)41-2/h9-16,24,28-29,37H,3-8,17-22H2,1-2H3,(H,34,40). The molecule has 0 radical (unpaired) electrons. The first kappa shape index (κ1) is 30.0. The summed E-state index contributed by atoms with van der Waals surface area (Å²) in [5, 5.41) is 14.1. The second-order valence-electron chi connectivity index (χ2n) is 11.9. The van der Waals surface area contributed by atoms with E-state index in [0.717, 1.165) is 44.2 Å². The van der Waals surface area contributed by atoms with E-state index in [-0.39, 0.29) is 23.7 Å². The number of carbonyl (C=O) groups is 3. The van der Waals surface area contributed by atoms with E-state index in [9.17, 15) is 19.5 Å². The van der Waals surface area contributed by atoms with Crippen LogP contribution in [0.4, 0.5) is 0 Å². The topological polar surface area (TPSA) is 108 Å². The summed E-state index contributed by atoms with van der Waals surface area (Å²) in [5.74, 6) is 0.758. The van der Waals surface area contributed by atoms with Gasteiger partial charge in [-0.15, -0.1) is 0 Å². The normalized spacial score (nSPS) is 22.1. The van der Waals surface area contributed by atoms with Gasteiger partial charge < -0.3 is 24.8 Å². The monoisotopic (exact) mass is 577 g/mol. The molecule has 9 nitrogen and oxygen atoms in total. The van der Waals surface area contributed by atoms with Gasteiger partial charge in [-0.1, -0.05) is 38.3 Å². The largest absolute Gasteiger partial charge is 0.465 e. The van der Waals surface area contributed by atoms with Gasteiger partial charge in [0.25, 0.3) is 0 Å². The summed E-state index contributed by atoms with van der Waals surface area (Å²) in [6.45, 7) is 4.67. The number of aliphatic hydroxyl groups excluding tert-OH is 1. The number of rotatable bonds is 9. The number of aliphatic hydroxyl groups is 1. The van der Waals surface area contributed by atoms with Crippen LogP contribution in [0.25, 0.3) is 0 Å². The van der Waals surface area contributed by atoms with E-state index >= 15 is 0 Å². The summed E-state index contributed by atoms with van der Waals surface area (Å²) in [4.78, 5) is 43.1. The summed E-state index contributed by atoms with van der Waals surface area (Å²) in [6, 6.07) is 13.8. The number of likely N-dealkylation sites (tertiary alicyclic amines) is 1. The van der Waals surface area contributed by atoms with E-state index in [1.54, 1.807) is 29.2 Å². The predicted molar refractivity (Wildman–Crippen MR) is 158 cm³/mol. The van der Waals surface area contributed by atoms with Crippen LogP contribution in [0.5, 0.6) is 11.5 Å². The van der Waals surface area contributed by atoms with Gasteiger partial charge in [-0.05, 0) is 80.0 Å². The molecule has 2 aliphatic heterocycles. The zero-order valence-corrected chi connectivity index (χ0v) is 24.7. The Bertz CT molecular complexity index is 1230. The first-order chi connectivity index (χ1) is 20.3. The van der Waals surface area contributed by atoms with Crippen LogP contribution in [-0.4, -0.2) is 77.1 Å². The van der Waals surface area contributed by atoms with Crippen molar-refractivity contribution in [2.24, 2.45) is 5.92 Å². The lowest BCUT2D eigenvalue weighted by Gasteiger charge is -2.52. The van der Waals surface area contributed by atoms with Crippen molar-refractivity contribution in [3.05, 3.63) is 59.7 Å². The first-order valence-corrected chi connectivity index (χ1v) is 15.3. The van der Waals surface area contributed by atoms with Crippen LogP contribution in [0.2, 0.25) is 0 Å². The Hall–Kier alpha value is -3.43. The number of hydrogen-bond donors (Lipinski definition) is 2. The van der Waals surface area contributed by atoms with Crippen molar-refractivity contribution < 1.29 is 29.0 Å². The lowest BCUT2D eigenvalue weighted by atomic mass is 9.78. The maximum absolute atomic E-state index is 13.7. The Morgan fingerprint density at radius 2 is 1.62 bits per heavy atom. The molecule has 2 aromatic rings. The number of nitrogens with zero attached hydrogens (tertiary/aromatic N) is 2. The molecule has 5 rings (SSSR count). The van der Waals surface area contributed by atoms with Crippen molar-refractivity contribution in [3.8, 4) is 11.5 Å². The Balaban J connectivity index is 1.18. The fraction of sp³-hybridized carbons (Fsp3) is 0.545.